The van der Waals surface area contributed by atoms with Crippen molar-refractivity contribution in [3.8, 4) is 0 Å². The first-order chi connectivity index (χ1) is 11.0. The van der Waals surface area contributed by atoms with Gasteiger partial charge in [0, 0.05) is 24.5 Å². The van der Waals surface area contributed by atoms with E-state index in [1.807, 2.05) is 28.8 Å². The lowest BCUT2D eigenvalue weighted by Gasteiger charge is -2.22. The van der Waals surface area contributed by atoms with Crippen molar-refractivity contribution in [1.82, 2.24) is 19.7 Å². The molecule has 0 unspecified atom stereocenters. The van der Waals surface area contributed by atoms with E-state index >= 15 is 0 Å². The summed E-state index contributed by atoms with van der Waals surface area (Å²) in [6, 6.07) is 2.22. The molecule has 3 rings (SSSR count). The summed E-state index contributed by atoms with van der Waals surface area (Å²) in [4.78, 5) is 19.6. The van der Waals surface area contributed by atoms with Gasteiger partial charge in [-0.25, -0.2) is 9.67 Å². The monoisotopic (exact) mass is 314 g/mol. The lowest BCUT2D eigenvalue weighted by atomic mass is 10.1. The van der Waals surface area contributed by atoms with Crippen LogP contribution in [0.1, 0.15) is 62.1 Å². The first kappa shape index (κ1) is 16.0. The molecule has 1 fully saturated rings. The molecule has 2 aromatic rings. The van der Waals surface area contributed by atoms with Crippen LogP contribution in [0.2, 0.25) is 0 Å². The van der Waals surface area contributed by atoms with Crippen LogP contribution in [0.25, 0.3) is 11.0 Å². The van der Waals surface area contributed by atoms with Crippen LogP contribution in [0.5, 0.6) is 0 Å². The molecular weight excluding hydrogens is 288 g/mol. The Labute approximate surface area is 137 Å². The molecule has 0 radical (unpaired) electrons. The number of aromatic nitrogens is 3. The van der Waals surface area contributed by atoms with Crippen LogP contribution in [0.4, 0.5) is 0 Å². The molecule has 5 nitrogen and oxygen atoms in total. The molecule has 0 atom stereocenters. The van der Waals surface area contributed by atoms with Crippen molar-refractivity contribution in [2.45, 2.75) is 53.0 Å². The quantitative estimate of drug-likeness (QED) is 0.819. The second-order valence-corrected chi connectivity index (χ2v) is 6.91. The van der Waals surface area contributed by atoms with Crippen LogP contribution >= 0.6 is 0 Å². The topological polar surface area (TPSA) is 51.0 Å². The van der Waals surface area contributed by atoms with E-state index in [1.54, 1.807) is 0 Å². The van der Waals surface area contributed by atoms with E-state index in [0.29, 0.717) is 5.92 Å². The Balaban J connectivity index is 1.94. The standard InChI is InChI=1S/C18H26N4O/c1-5-8-21(11-14-6-7-14)18(23)16-9-15-10-19-22(12(2)3)17(15)20-13(16)4/h9-10,12,14H,5-8,11H2,1-4H3. The van der Waals surface area contributed by atoms with Crippen LogP contribution in [-0.2, 0) is 0 Å². The summed E-state index contributed by atoms with van der Waals surface area (Å²) < 4.78 is 1.91. The lowest BCUT2D eigenvalue weighted by Crippen LogP contribution is -2.34. The fourth-order valence-corrected chi connectivity index (χ4v) is 2.99. The normalized spacial score (nSPS) is 14.7. The molecule has 124 valence electrons. The van der Waals surface area contributed by atoms with Crippen molar-refractivity contribution in [3.63, 3.8) is 0 Å². The number of aryl methyl sites for hydroxylation is 1. The Morgan fingerprint density at radius 3 is 2.78 bits per heavy atom. The molecule has 2 aromatic heterocycles. The molecule has 1 aliphatic carbocycles. The molecule has 2 heterocycles. The summed E-state index contributed by atoms with van der Waals surface area (Å²) in [7, 11) is 0. The third kappa shape index (κ3) is 3.23. The van der Waals surface area contributed by atoms with Gasteiger partial charge in [-0.05, 0) is 52.0 Å². The maximum Gasteiger partial charge on any atom is 0.255 e. The number of hydrogen-bond donors (Lipinski definition) is 0. The van der Waals surface area contributed by atoms with Gasteiger partial charge in [-0.15, -0.1) is 0 Å². The Morgan fingerprint density at radius 1 is 1.43 bits per heavy atom. The van der Waals surface area contributed by atoms with Crippen molar-refractivity contribution in [3.05, 3.63) is 23.5 Å². The highest BCUT2D eigenvalue weighted by Crippen LogP contribution is 2.30. The van der Waals surface area contributed by atoms with E-state index in [9.17, 15) is 4.79 Å². The zero-order chi connectivity index (χ0) is 16.6. The molecule has 0 spiro atoms. The summed E-state index contributed by atoms with van der Waals surface area (Å²) in [5, 5.41) is 5.35. The highest BCUT2D eigenvalue weighted by molar-refractivity contribution is 5.98. The summed E-state index contributed by atoms with van der Waals surface area (Å²) in [5.74, 6) is 0.814. The molecule has 0 N–H and O–H groups in total. The van der Waals surface area contributed by atoms with Crippen molar-refractivity contribution in [1.29, 1.82) is 0 Å². The third-order valence-corrected chi connectivity index (χ3v) is 4.44. The smallest absolute Gasteiger partial charge is 0.255 e. The Hall–Kier alpha value is -1.91. The second kappa shape index (κ2) is 6.30. The number of nitrogens with zero attached hydrogens (tertiary/aromatic N) is 4. The van der Waals surface area contributed by atoms with E-state index in [4.69, 9.17) is 0 Å². The molecular formula is C18H26N4O. The Morgan fingerprint density at radius 2 is 2.17 bits per heavy atom. The van der Waals surface area contributed by atoms with Crippen molar-refractivity contribution in [2.75, 3.05) is 13.1 Å². The number of rotatable bonds is 6. The number of pyridine rings is 1. The minimum absolute atomic E-state index is 0.114. The molecule has 1 aliphatic rings. The summed E-state index contributed by atoms with van der Waals surface area (Å²) in [6.45, 7) is 9.91. The molecule has 0 aromatic carbocycles. The molecule has 1 saturated carbocycles. The number of amides is 1. The largest absolute Gasteiger partial charge is 0.338 e. The van der Waals surface area contributed by atoms with Gasteiger partial charge in [-0.2, -0.15) is 5.10 Å². The highest BCUT2D eigenvalue weighted by atomic mass is 16.2. The number of hydrogen-bond acceptors (Lipinski definition) is 3. The molecule has 0 aliphatic heterocycles. The van der Waals surface area contributed by atoms with Crippen LogP contribution in [0.3, 0.4) is 0 Å². The van der Waals surface area contributed by atoms with Crippen LogP contribution in [0.15, 0.2) is 12.3 Å². The van der Waals surface area contributed by atoms with E-state index in [-0.39, 0.29) is 11.9 Å². The van der Waals surface area contributed by atoms with Crippen LogP contribution < -0.4 is 0 Å². The Bertz CT molecular complexity index is 715. The predicted octanol–water partition coefficient (Wildman–Crippen LogP) is 3.58. The van der Waals surface area contributed by atoms with E-state index in [2.05, 4.69) is 30.9 Å². The highest BCUT2D eigenvalue weighted by Gasteiger charge is 2.28. The number of carbonyl (C=O) groups excluding carboxylic acids is 1. The maximum absolute atomic E-state index is 13.0. The van der Waals surface area contributed by atoms with Gasteiger partial charge in [0.05, 0.1) is 17.5 Å². The van der Waals surface area contributed by atoms with Crippen molar-refractivity contribution < 1.29 is 4.79 Å². The molecule has 5 heteroatoms. The van der Waals surface area contributed by atoms with Gasteiger partial charge in [0.2, 0.25) is 0 Å². The second-order valence-electron chi connectivity index (χ2n) is 6.91. The molecule has 0 saturated heterocycles. The van der Waals surface area contributed by atoms with Gasteiger partial charge >= 0.3 is 0 Å². The predicted molar refractivity (Wildman–Crippen MR) is 91.6 cm³/mol. The van der Waals surface area contributed by atoms with Gasteiger partial charge in [-0.3, -0.25) is 4.79 Å². The van der Waals surface area contributed by atoms with E-state index in [1.165, 1.54) is 12.8 Å². The van der Waals surface area contributed by atoms with Crippen molar-refractivity contribution in [2.24, 2.45) is 5.92 Å². The number of carbonyl (C=O) groups is 1. The van der Waals surface area contributed by atoms with Gasteiger partial charge in [-0.1, -0.05) is 6.92 Å². The fourth-order valence-electron chi connectivity index (χ4n) is 2.99. The average molecular weight is 314 g/mol. The fraction of sp³-hybridized carbons (Fsp3) is 0.611. The SMILES string of the molecule is CCCN(CC1CC1)C(=O)c1cc2cnn(C(C)C)c2nc1C. The lowest BCUT2D eigenvalue weighted by molar-refractivity contribution is 0.0746. The average Bonchev–Trinajstić information content (AvgIpc) is 3.23. The summed E-state index contributed by atoms with van der Waals surface area (Å²) in [6.07, 6.45) is 5.30. The number of fused-ring (bicyclic) bond motifs is 1. The third-order valence-electron chi connectivity index (χ3n) is 4.44. The minimum Gasteiger partial charge on any atom is -0.338 e. The molecule has 1 amide bonds. The minimum atomic E-state index is 0.114. The summed E-state index contributed by atoms with van der Waals surface area (Å²) >= 11 is 0. The molecule has 23 heavy (non-hydrogen) atoms. The van der Waals surface area contributed by atoms with Gasteiger partial charge < -0.3 is 4.90 Å². The maximum atomic E-state index is 13.0. The first-order valence-electron chi connectivity index (χ1n) is 8.65. The van der Waals surface area contributed by atoms with Gasteiger partial charge in [0.25, 0.3) is 5.91 Å². The van der Waals surface area contributed by atoms with Crippen molar-refractivity contribution >= 4 is 16.9 Å². The zero-order valence-electron chi connectivity index (χ0n) is 14.5. The van der Waals surface area contributed by atoms with Gasteiger partial charge in [0.15, 0.2) is 5.65 Å². The van der Waals surface area contributed by atoms with Crippen LogP contribution in [0, 0.1) is 12.8 Å². The zero-order valence-corrected chi connectivity index (χ0v) is 14.5. The first-order valence-corrected chi connectivity index (χ1v) is 8.65. The van der Waals surface area contributed by atoms with E-state index in [0.717, 1.165) is 41.8 Å². The van der Waals surface area contributed by atoms with E-state index < -0.39 is 0 Å². The molecule has 0 bridgehead atoms. The van der Waals surface area contributed by atoms with Crippen LogP contribution in [-0.4, -0.2) is 38.7 Å². The summed E-state index contributed by atoms with van der Waals surface area (Å²) in [5.41, 5.74) is 2.37. The Kier molecular flexibility index (Phi) is 4.37. The van der Waals surface area contributed by atoms with Gasteiger partial charge in [0.1, 0.15) is 0 Å².